The molecule has 200 valence electrons. The number of nitrogens with one attached hydrogen (secondary N) is 3. The van der Waals surface area contributed by atoms with Crippen molar-refractivity contribution in [3.8, 4) is 0 Å². The van der Waals surface area contributed by atoms with Gasteiger partial charge in [-0.15, -0.1) is 10.2 Å². The van der Waals surface area contributed by atoms with Crippen LogP contribution >= 0.6 is 27.5 Å². The molecular weight excluding hydrogens is 608 g/mol. The Bertz CT molecular complexity index is 1390. The van der Waals surface area contributed by atoms with Gasteiger partial charge in [0, 0.05) is 6.20 Å². The van der Waals surface area contributed by atoms with Crippen LogP contribution in [0.1, 0.15) is 33.7 Å². The molecule has 1 unspecified atom stereocenters. The largest absolute Gasteiger partial charge is 0.490 e. The molecule has 0 bridgehead atoms. The molecule has 4 rings (SSSR count). The average molecular weight is 622 g/mol. The minimum Gasteiger partial charge on any atom is -0.475 e. The lowest BCUT2D eigenvalue weighted by Gasteiger charge is -2.16. The Morgan fingerprint density at radius 1 is 1.26 bits per heavy atom. The number of amides is 1. The number of nitrogens with zero attached hydrogens (tertiary/aromatic N) is 5. The Morgan fingerprint density at radius 2 is 2.00 bits per heavy atom. The topological polar surface area (TPSA) is 172 Å². The number of alkyl halides is 3. The number of aliphatic carboxylic acids is 1. The molecule has 38 heavy (non-hydrogen) atoms. The molecule has 0 aliphatic carbocycles. The maximum Gasteiger partial charge on any atom is 0.490 e. The number of carbonyl (C=O) groups excluding carboxylic acids is 1. The fraction of sp³-hybridized carbons (Fsp3) is 0.150. The third-order valence-electron chi connectivity index (χ3n) is 4.37. The molecule has 1 aromatic carbocycles. The first-order chi connectivity index (χ1) is 18.0. The standard InChI is InChI=1S/C18H13BrClFN8O2.C2HF3O2/c19-11-8-23-18(22-7-10-2-1-5-31-10)25-15(11)17(30)24-14(16-26-28-29-27-16)9-3-4-12(20)13(21)6-9;3-2(4,5)1(6)7/h1-6,8,14H,7H2,(H,24,30)(H,22,23,25)(H,26,27,28,29);(H,6,7). The smallest absolute Gasteiger partial charge is 0.475 e. The predicted octanol–water partition coefficient (Wildman–Crippen LogP) is 3.90. The summed E-state index contributed by atoms with van der Waals surface area (Å²) in [5.41, 5.74) is 0.429. The maximum atomic E-state index is 14.0. The van der Waals surface area contributed by atoms with E-state index in [1.165, 1.54) is 18.3 Å². The summed E-state index contributed by atoms with van der Waals surface area (Å²) in [7, 11) is 0. The van der Waals surface area contributed by atoms with E-state index in [1.54, 1.807) is 24.5 Å². The van der Waals surface area contributed by atoms with Crippen LogP contribution in [-0.2, 0) is 11.3 Å². The Morgan fingerprint density at radius 3 is 2.58 bits per heavy atom. The minimum absolute atomic E-state index is 0.0484. The molecule has 0 aliphatic heterocycles. The van der Waals surface area contributed by atoms with Gasteiger partial charge in [-0.05, 0) is 45.8 Å². The van der Waals surface area contributed by atoms with Crippen molar-refractivity contribution in [1.29, 1.82) is 0 Å². The van der Waals surface area contributed by atoms with Gasteiger partial charge in [-0.25, -0.2) is 19.2 Å². The highest BCUT2D eigenvalue weighted by Gasteiger charge is 2.38. The second kappa shape index (κ2) is 12.4. The maximum absolute atomic E-state index is 14.0. The van der Waals surface area contributed by atoms with Crippen LogP contribution in [-0.4, -0.2) is 53.8 Å². The van der Waals surface area contributed by atoms with Gasteiger partial charge in [0.1, 0.15) is 23.3 Å². The van der Waals surface area contributed by atoms with E-state index >= 15 is 0 Å². The highest BCUT2D eigenvalue weighted by atomic mass is 79.9. The van der Waals surface area contributed by atoms with E-state index < -0.39 is 29.9 Å². The van der Waals surface area contributed by atoms with Crippen molar-refractivity contribution >= 4 is 45.4 Å². The van der Waals surface area contributed by atoms with Gasteiger partial charge < -0.3 is 20.2 Å². The summed E-state index contributed by atoms with van der Waals surface area (Å²) in [6, 6.07) is 6.77. The first kappa shape index (κ1) is 28.5. The number of H-pyrrole nitrogens is 1. The molecule has 1 atom stereocenters. The van der Waals surface area contributed by atoms with E-state index in [2.05, 4.69) is 57.2 Å². The number of benzene rings is 1. The molecule has 0 saturated heterocycles. The fourth-order valence-electron chi connectivity index (χ4n) is 2.67. The lowest BCUT2D eigenvalue weighted by molar-refractivity contribution is -0.192. The van der Waals surface area contributed by atoms with Crippen LogP contribution in [0.4, 0.5) is 23.5 Å². The van der Waals surface area contributed by atoms with Gasteiger partial charge in [0.25, 0.3) is 5.91 Å². The predicted molar refractivity (Wildman–Crippen MR) is 124 cm³/mol. The number of furan rings is 1. The van der Waals surface area contributed by atoms with Gasteiger partial charge in [-0.2, -0.15) is 18.4 Å². The van der Waals surface area contributed by atoms with Gasteiger partial charge in [-0.1, -0.05) is 22.9 Å². The molecule has 18 heteroatoms. The zero-order chi connectivity index (χ0) is 27.9. The summed E-state index contributed by atoms with van der Waals surface area (Å²) in [5, 5.41) is 26.4. The van der Waals surface area contributed by atoms with Gasteiger partial charge in [0.15, 0.2) is 0 Å². The SMILES string of the molecule is O=C(NC(c1ccc(Cl)c(F)c1)c1nn[nH]n1)c1nc(NCc2ccco2)ncc1Br.O=C(O)C(F)(F)F. The molecule has 0 spiro atoms. The molecule has 0 radical (unpaired) electrons. The van der Waals surface area contributed by atoms with Gasteiger partial charge in [0.05, 0.1) is 22.3 Å². The number of carbonyl (C=O) groups is 2. The number of halogens is 6. The normalized spacial score (nSPS) is 11.7. The highest BCUT2D eigenvalue weighted by Crippen LogP contribution is 2.24. The molecule has 12 nitrogen and oxygen atoms in total. The van der Waals surface area contributed by atoms with Crippen molar-refractivity contribution in [2.24, 2.45) is 0 Å². The zero-order valence-corrected chi connectivity index (χ0v) is 20.8. The van der Waals surface area contributed by atoms with Crippen LogP contribution < -0.4 is 10.6 Å². The van der Waals surface area contributed by atoms with Crippen LogP contribution in [0, 0.1) is 5.82 Å². The van der Waals surface area contributed by atoms with Crippen molar-refractivity contribution in [3.63, 3.8) is 0 Å². The monoisotopic (exact) mass is 620 g/mol. The molecule has 4 aromatic rings. The summed E-state index contributed by atoms with van der Waals surface area (Å²) in [6.07, 6.45) is -2.09. The lowest BCUT2D eigenvalue weighted by atomic mass is 10.1. The Hall–Kier alpha value is -4.12. The molecule has 3 aromatic heterocycles. The highest BCUT2D eigenvalue weighted by molar-refractivity contribution is 9.10. The summed E-state index contributed by atoms with van der Waals surface area (Å²) in [5.74, 6) is -2.93. The van der Waals surface area contributed by atoms with Crippen molar-refractivity contribution in [3.05, 3.63) is 80.9 Å². The van der Waals surface area contributed by atoms with E-state index in [9.17, 15) is 22.4 Å². The van der Waals surface area contributed by atoms with Crippen molar-refractivity contribution < 1.29 is 36.7 Å². The quantitative estimate of drug-likeness (QED) is 0.222. The lowest BCUT2D eigenvalue weighted by Crippen LogP contribution is -2.31. The number of aromatic amines is 1. The number of carboxylic acids is 1. The van der Waals surface area contributed by atoms with E-state index in [0.29, 0.717) is 22.3 Å². The van der Waals surface area contributed by atoms with Crippen LogP contribution in [0.3, 0.4) is 0 Å². The molecular formula is C20H14BrClF4N8O4. The first-order valence-corrected chi connectivity index (χ1v) is 11.2. The van der Waals surface area contributed by atoms with Crippen molar-refractivity contribution in [2.75, 3.05) is 5.32 Å². The summed E-state index contributed by atoms with van der Waals surface area (Å²) < 4.78 is 51.4. The average Bonchev–Trinajstić information content (AvgIpc) is 3.58. The Kier molecular flexibility index (Phi) is 9.30. The van der Waals surface area contributed by atoms with Crippen LogP contribution in [0.2, 0.25) is 5.02 Å². The molecule has 1 amide bonds. The Balaban J connectivity index is 0.000000505. The molecule has 0 aliphatic rings. The number of tetrazole rings is 1. The minimum atomic E-state index is -5.08. The number of anilines is 1. The Labute approximate surface area is 222 Å². The van der Waals surface area contributed by atoms with Crippen molar-refractivity contribution in [1.82, 2.24) is 35.9 Å². The number of aromatic nitrogens is 6. The van der Waals surface area contributed by atoms with Crippen molar-refractivity contribution in [2.45, 2.75) is 18.8 Å². The van der Waals surface area contributed by atoms with Crippen LogP contribution in [0.25, 0.3) is 0 Å². The number of rotatable bonds is 7. The molecule has 0 fully saturated rings. The number of carboxylic acid groups (broad SMARTS) is 1. The first-order valence-electron chi connectivity index (χ1n) is 10.0. The second-order valence-electron chi connectivity index (χ2n) is 6.98. The molecule has 4 N–H and O–H groups in total. The van der Waals surface area contributed by atoms with E-state index in [4.69, 9.17) is 25.9 Å². The second-order valence-corrected chi connectivity index (χ2v) is 8.24. The fourth-order valence-corrected chi connectivity index (χ4v) is 3.16. The van der Waals surface area contributed by atoms with Gasteiger partial charge in [0.2, 0.25) is 11.8 Å². The zero-order valence-electron chi connectivity index (χ0n) is 18.5. The molecule has 3 heterocycles. The van der Waals surface area contributed by atoms with Gasteiger partial charge >= 0.3 is 12.1 Å². The van der Waals surface area contributed by atoms with E-state index in [1.807, 2.05) is 0 Å². The van der Waals surface area contributed by atoms with Crippen LogP contribution in [0.15, 0.2) is 51.7 Å². The van der Waals surface area contributed by atoms with E-state index in [0.717, 1.165) is 0 Å². The summed E-state index contributed by atoms with van der Waals surface area (Å²) >= 11 is 9.05. The number of hydrogen-bond donors (Lipinski definition) is 4. The van der Waals surface area contributed by atoms with Crippen LogP contribution in [0.5, 0.6) is 0 Å². The number of hydrogen-bond acceptors (Lipinski definition) is 9. The molecule has 0 saturated carbocycles. The third kappa shape index (κ3) is 7.69. The summed E-state index contributed by atoms with van der Waals surface area (Å²) in [6.45, 7) is 0.339. The summed E-state index contributed by atoms with van der Waals surface area (Å²) in [4.78, 5) is 30.3. The van der Waals surface area contributed by atoms with Gasteiger partial charge in [-0.3, -0.25) is 4.79 Å². The van der Waals surface area contributed by atoms with E-state index in [-0.39, 0.29) is 22.5 Å². The third-order valence-corrected chi connectivity index (χ3v) is 5.26.